The number of hydrogen-bond acceptors (Lipinski definition) is 3. The van der Waals surface area contributed by atoms with E-state index in [2.05, 4.69) is 43.3 Å². The summed E-state index contributed by atoms with van der Waals surface area (Å²) in [4.78, 5) is 16.7. The van der Waals surface area contributed by atoms with E-state index in [-0.39, 0.29) is 22.8 Å². The van der Waals surface area contributed by atoms with Gasteiger partial charge in [0.2, 0.25) is 0 Å². The Balaban J connectivity index is 2.08. The molecule has 0 saturated heterocycles. The normalized spacial score (nSPS) is 20.8. The van der Waals surface area contributed by atoms with Crippen molar-refractivity contribution in [3.8, 4) is 0 Å². The van der Waals surface area contributed by atoms with Crippen LogP contribution in [0.5, 0.6) is 0 Å². The van der Waals surface area contributed by atoms with Gasteiger partial charge in [-0.15, -0.1) is 0 Å². The maximum atomic E-state index is 12.4. The molecule has 116 valence electrons. The third-order valence-electron chi connectivity index (χ3n) is 4.13. The lowest BCUT2D eigenvalue weighted by molar-refractivity contribution is 0.0710. The van der Waals surface area contributed by atoms with Crippen LogP contribution in [0.15, 0.2) is 18.2 Å². The first-order valence-corrected chi connectivity index (χ1v) is 7.66. The molecule has 0 radical (unpaired) electrons. The van der Waals surface area contributed by atoms with E-state index in [0.29, 0.717) is 11.5 Å². The second-order valence-electron chi connectivity index (χ2n) is 7.74. The summed E-state index contributed by atoms with van der Waals surface area (Å²) in [6.07, 6.45) is 3.24. The zero-order valence-corrected chi connectivity index (χ0v) is 13.8. The molecule has 0 atom stereocenters. The molecule has 0 aliphatic heterocycles. The van der Waals surface area contributed by atoms with Crippen molar-refractivity contribution in [2.45, 2.75) is 53.0 Å². The summed E-state index contributed by atoms with van der Waals surface area (Å²) in [6, 6.07) is 5.68. The highest BCUT2D eigenvalue weighted by Crippen LogP contribution is 2.45. The fourth-order valence-corrected chi connectivity index (χ4v) is 3.91. The fourth-order valence-electron chi connectivity index (χ4n) is 3.91. The molecule has 0 unspecified atom stereocenters. The van der Waals surface area contributed by atoms with E-state index >= 15 is 0 Å². The quantitative estimate of drug-likeness (QED) is 0.896. The molecule has 4 nitrogen and oxygen atoms in total. The van der Waals surface area contributed by atoms with Crippen LogP contribution in [0.2, 0.25) is 0 Å². The number of carbonyl (C=O) groups excluding carboxylic acids is 1. The standard InChI is InChI=1S/C17H27N3O/c1-16(2)9-12(10-17(3,4)11-16)19-15(21)13-7-6-8-14(18-5)20-13/h6-8,12H,9-11H2,1-5H3,(H,18,20)(H,19,21). The number of nitrogens with one attached hydrogen (secondary N) is 2. The van der Waals surface area contributed by atoms with Crippen molar-refractivity contribution in [1.82, 2.24) is 10.3 Å². The minimum atomic E-state index is -0.0781. The van der Waals surface area contributed by atoms with Gasteiger partial charge in [-0.2, -0.15) is 0 Å². The SMILES string of the molecule is CNc1cccc(C(=O)NC2CC(C)(C)CC(C)(C)C2)n1. The largest absolute Gasteiger partial charge is 0.373 e. The van der Waals surface area contributed by atoms with E-state index in [1.54, 1.807) is 13.1 Å². The Morgan fingerprint density at radius 1 is 1.19 bits per heavy atom. The molecule has 1 aromatic heterocycles. The van der Waals surface area contributed by atoms with Crippen LogP contribution in [-0.2, 0) is 0 Å². The lowest BCUT2D eigenvalue weighted by atomic mass is 9.63. The van der Waals surface area contributed by atoms with Gasteiger partial charge in [0.25, 0.3) is 5.91 Å². The van der Waals surface area contributed by atoms with Crippen LogP contribution in [0.3, 0.4) is 0 Å². The maximum absolute atomic E-state index is 12.4. The molecule has 1 aliphatic carbocycles. The highest BCUT2D eigenvalue weighted by Gasteiger charge is 2.39. The molecule has 1 heterocycles. The second-order valence-corrected chi connectivity index (χ2v) is 7.74. The van der Waals surface area contributed by atoms with Crippen molar-refractivity contribution < 1.29 is 4.79 Å². The van der Waals surface area contributed by atoms with Gasteiger partial charge >= 0.3 is 0 Å². The summed E-state index contributed by atoms with van der Waals surface area (Å²) >= 11 is 0. The molecule has 1 amide bonds. The van der Waals surface area contributed by atoms with Gasteiger partial charge in [0.05, 0.1) is 0 Å². The van der Waals surface area contributed by atoms with Gasteiger partial charge < -0.3 is 10.6 Å². The van der Waals surface area contributed by atoms with E-state index in [4.69, 9.17) is 0 Å². The number of carbonyl (C=O) groups is 1. The predicted octanol–water partition coefficient (Wildman–Crippen LogP) is 3.46. The summed E-state index contributed by atoms with van der Waals surface area (Å²) in [5.41, 5.74) is 1.00. The monoisotopic (exact) mass is 289 g/mol. The summed E-state index contributed by atoms with van der Waals surface area (Å²) < 4.78 is 0. The molecular formula is C17H27N3O. The van der Waals surface area contributed by atoms with Crippen LogP contribution >= 0.6 is 0 Å². The lowest BCUT2D eigenvalue weighted by Crippen LogP contribution is -2.46. The molecule has 2 rings (SSSR count). The molecular weight excluding hydrogens is 262 g/mol. The Morgan fingerprint density at radius 2 is 1.81 bits per heavy atom. The van der Waals surface area contributed by atoms with Crippen LogP contribution in [0.4, 0.5) is 5.82 Å². The number of pyridine rings is 1. The van der Waals surface area contributed by atoms with E-state index in [0.717, 1.165) is 12.8 Å². The van der Waals surface area contributed by atoms with Crippen molar-refractivity contribution >= 4 is 11.7 Å². The molecule has 21 heavy (non-hydrogen) atoms. The number of nitrogens with zero attached hydrogens (tertiary/aromatic N) is 1. The van der Waals surface area contributed by atoms with Crippen LogP contribution in [0.1, 0.15) is 57.4 Å². The van der Waals surface area contributed by atoms with E-state index in [1.165, 1.54) is 6.42 Å². The first-order valence-electron chi connectivity index (χ1n) is 7.66. The average Bonchev–Trinajstić information content (AvgIpc) is 2.35. The second kappa shape index (κ2) is 5.66. The maximum Gasteiger partial charge on any atom is 0.270 e. The van der Waals surface area contributed by atoms with Crippen molar-refractivity contribution in [1.29, 1.82) is 0 Å². The summed E-state index contributed by atoms with van der Waals surface area (Å²) in [5.74, 6) is 0.637. The van der Waals surface area contributed by atoms with Crippen LogP contribution in [-0.4, -0.2) is 24.0 Å². The van der Waals surface area contributed by atoms with Gasteiger partial charge in [0, 0.05) is 13.1 Å². The van der Waals surface area contributed by atoms with Gasteiger partial charge in [-0.1, -0.05) is 33.8 Å². The summed E-state index contributed by atoms with van der Waals surface area (Å²) in [7, 11) is 1.80. The van der Waals surface area contributed by atoms with Gasteiger partial charge in [0.15, 0.2) is 0 Å². The first kappa shape index (κ1) is 15.8. The fraction of sp³-hybridized carbons (Fsp3) is 0.647. The van der Waals surface area contributed by atoms with Gasteiger partial charge in [-0.3, -0.25) is 4.79 Å². The molecule has 2 N–H and O–H groups in total. The van der Waals surface area contributed by atoms with Crippen LogP contribution < -0.4 is 10.6 Å². The highest BCUT2D eigenvalue weighted by molar-refractivity contribution is 5.92. The van der Waals surface area contributed by atoms with Gasteiger partial charge in [-0.05, 0) is 42.2 Å². The third kappa shape index (κ3) is 4.19. The Morgan fingerprint density at radius 3 is 2.38 bits per heavy atom. The van der Waals surface area contributed by atoms with E-state index in [9.17, 15) is 4.79 Å². The average molecular weight is 289 g/mol. The van der Waals surface area contributed by atoms with Crippen LogP contribution in [0.25, 0.3) is 0 Å². The van der Waals surface area contributed by atoms with Crippen LogP contribution in [0, 0.1) is 10.8 Å². The molecule has 1 saturated carbocycles. The Hall–Kier alpha value is -1.58. The van der Waals surface area contributed by atoms with Crippen molar-refractivity contribution in [3.63, 3.8) is 0 Å². The topological polar surface area (TPSA) is 54.0 Å². The number of aromatic nitrogens is 1. The minimum Gasteiger partial charge on any atom is -0.373 e. The molecule has 4 heteroatoms. The van der Waals surface area contributed by atoms with Crippen molar-refractivity contribution in [2.75, 3.05) is 12.4 Å². The number of hydrogen-bond donors (Lipinski definition) is 2. The summed E-state index contributed by atoms with van der Waals surface area (Å²) in [6.45, 7) is 9.14. The van der Waals surface area contributed by atoms with Crippen molar-refractivity contribution in [3.05, 3.63) is 23.9 Å². The molecule has 0 spiro atoms. The number of rotatable bonds is 3. The molecule has 1 aliphatic rings. The number of anilines is 1. The molecule has 1 fully saturated rings. The third-order valence-corrected chi connectivity index (χ3v) is 4.13. The van der Waals surface area contributed by atoms with Crippen molar-refractivity contribution in [2.24, 2.45) is 10.8 Å². The smallest absolute Gasteiger partial charge is 0.270 e. The first-order chi connectivity index (χ1) is 9.71. The highest BCUT2D eigenvalue weighted by atomic mass is 16.1. The zero-order valence-electron chi connectivity index (χ0n) is 13.8. The van der Waals surface area contributed by atoms with E-state index < -0.39 is 0 Å². The molecule has 0 aromatic carbocycles. The Labute approximate surface area is 127 Å². The Kier molecular flexibility index (Phi) is 4.26. The van der Waals surface area contributed by atoms with Gasteiger partial charge in [0.1, 0.15) is 11.5 Å². The summed E-state index contributed by atoms with van der Waals surface area (Å²) in [5, 5.41) is 6.13. The predicted molar refractivity (Wildman–Crippen MR) is 86.5 cm³/mol. The molecule has 0 bridgehead atoms. The minimum absolute atomic E-state index is 0.0781. The van der Waals surface area contributed by atoms with Gasteiger partial charge in [-0.25, -0.2) is 4.98 Å². The molecule has 1 aromatic rings. The zero-order chi connectivity index (χ0) is 15.7. The number of amides is 1. The van der Waals surface area contributed by atoms with E-state index in [1.807, 2.05) is 12.1 Å². The lowest BCUT2D eigenvalue weighted by Gasteiger charge is -2.45. The Bertz CT molecular complexity index is 507.